The first-order chi connectivity index (χ1) is 12.6. The van der Waals surface area contributed by atoms with Crippen molar-refractivity contribution in [3.05, 3.63) is 58.8 Å². The van der Waals surface area contributed by atoms with Crippen molar-refractivity contribution < 1.29 is 0 Å². The molecule has 1 N–H and O–H groups in total. The molecule has 26 heavy (non-hydrogen) atoms. The Labute approximate surface area is 159 Å². The summed E-state index contributed by atoms with van der Waals surface area (Å²) in [6.45, 7) is 11.6. The zero-order valence-corrected chi connectivity index (χ0v) is 16.3. The third kappa shape index (κ3) is 4.52. The number of allylic oxidation sites excluding steroid dienone is 4. The number of rotatable bonds is 7. The lowest BCUT2D eigenvalue weighted by atomic mass is 10.1. The van der Waals surface area contributed by atoms with Gasteiger partial charge in [0.1, 0.15) is 11.2 Å². The predicted octanol–water partition coefficient (Wildman–Crippen LogP) is 4.91. The standard InChI is InChI=1S/C18H21ClN4O.C2H6/c1-3-4-9-15(12(2)19)23-17-14(11-20-23)18(24)22-16(21-17)10-13-7-5-6-8-13;1-2/h3,5,7,11,13,15H,1-2,4,6,8-10H2,(H,21,22,24);1-2H3. The normalized spacial score (nSPS) is 17.0. The topological polar surface area (TPSA) is 63.6 Å². The van der Waals surface area contributed by atoms with Crippen LogP contribution in [0.1, 0.15) is 51.4 Å². The van der Waals surface area contributed by atoms with E-state index in [1.807, 2.05) is 19.9 Å². The van der Waals surface area contributed by atoms with E-state index in [2.05, 4.69) is 40.4 Å². The number of nitrogens with one attached hydrogen (secondary N) is 1. The van der Waals surface area contributed by atoms with Gasteiger partial charge in [0.25, 0.3) is 5.56 Å². The van der Waals surface area contributed by atoms with Crippen LogP contribution in [0.15, 0.2) is 47.4 Å². The smallest absolute Gasteiger partial charge is 0.262 e. The molecule has 0 aromatic carbocycles. The van der Waals surface area contributed by atoms with Gasteiger partial charge in [0.05, 0.1) is 12.2 Å². The summed E-state index contributed by atoms with van der Waals surface area (Å²) in [5, 5.41) is 5.29. The number of halogens is 1. The fourth-order valence-electron chi connectivity index (χ4n) is 3.11. The molecular weight excluding hydrogens is 348 g/mol. The molecule has 5 nitrogen and oxygen atoms in total. The Morgan fingerprint density at radius 1 is 1.54 bits per heavy atom. The van der Waals surface area contributed by atoms with E-state index in [4.69, 9.17) is 11.6 Å². The fourth-order valence-corrected chi connectivity index (χ4v) is 3.31. The molecule has 1 aliphatic rings. The van der Waals surface area contributed by atoms with Gasteiger partial charge < -0.3 is 4.98 Å². The van der Waals surface area contributed by atoms with Gasteiger partial charge in [-0.1, -0.05) is 50.3 Å². The van der Waals surface area contributed by atoms with E-state index >= 15 is 0 Å². The van der Waals surface area contributed by atoms with Crippen molar-refractivity contribution in [2.24, 2.45) is 5.92 Å². The Morgan fingerprint density at radius 3 is 2.92 bits per heavy atom. The molecule has 3 rings (SSSR count). The van der Waals surface area contributed by atoms with Crippen LogP contribution >= 0.6 is 11.6 Å². The van der Waals surface area contributed by atoms with E-state index < -0.39 is 0 Å². The Bertz CT molecular complexity index is 849. The molecule has 2 heterocycles. The van der Waals surface area contributed by atoms with E-state index in [1.165, 1.54) is 0 Å². The largest absolute Gasteiger partial charge is 0.310 e. The zero-order valence-electron chi connectivity index (χ0n) is 15.5. The summed E-state index contributed by atoms with van der Waals surface area (Å²) in [5.41, 5.74) is 0.400. The minimum absolute atomic E-state index is 0.161. The summed E-state index contributed by atoms with van der Waals surface area (Å²) in [5.74, 6) is 1.12. The minimum atomic E-state index is -0.212. The third-order valence-electron chi connectivity index (χ3n) is 4.38. The molecule has 0 aliphatic heterocycles. The molecule has 2 aromatic heterocycles. The highest BCUT2D eigenvalue weighted by molar-refractivity contribution is 6.29. The van der Waals surface area contributed by atoms with Gasteiger partial charge in [-0.05, 0) is 31.6 Å². The Hall–Kier alpha value is -2.14. The summed E-state index contributed by atoms with van der Waals surface area (Å²) in [6.07, 6.45) is 12.2. The monoisotopic (exact) mass is 374 g/mol. The summed E-state index contributed by atoms with van der Waals surface area (Å²) in [6, 6.07) is -0.212. The van der Waals surface area contributed by atoms with Gasteiger partial charge in [-0.25, -0.2) is 9.67 Å². The van der Waals surface area contributed by atoms with Crippen molar-refractivity contribution in [2.45, 2.75) is 52.0 Å². The molecule has 2 atom stereocenters. The first kappa shape index (κ1) is 20.2. The molecule has 0 fully saturated rings. The molecule has 6 heteroatoms. The number of nitrogens with zero attached hydrogens (tertiary/aromatic N) is 3. The van der Waals surface area contributed by atoms with Crippen LogP contribution in [0.4, 0.5) is 0 Å². The van der Waals surface area contributed by atoms with Crippen LogP contribution in [0, 0.1) is 5.92 Å². The molecule has 0 amide bonds. The van der Waals surface area contributed by atoms with Crippen molar-refractivity contribution in [2.75, 3.05) is 0 Å². The van der Waals surface area contributed by atoms with Crippen LogP contribution in [0.25, 0.3) is 11.0 Å². The van der Waals surface area contributed by atoms with Crippen LogP contribution < -0.4 is 5.56 Å². The maximum Gasteiger partial charge on any atom is 0.262 e. The molecule has 1 aliphatic carbocycles. The van der Waals surface area contributed by atoms with Crippen LogP contribution in [-0.2, 0) is 6.42 Å². The number of aromatic nitrogens is 4. The molecule has 2 unspecified atom stereocenters. The number of H-pyrrole nitrogens is 1. The molecule has 0 saturated heterocycles. The van der Waals surface area contributed by atoms with Crippen molar-refractivity contribution in [1.82, 2.24) is 19.7 Å². The van der Waals surface area contributed by atoms with Gasteiger partial charge in [0, 0.05) is 11.5 Å². The van der Waals surface area contributed by atoms with Crippen LogP contribution in [0.2, 0.25) is 0 Å². The summed E-state index contributed by atoms with van der Waals surface area (Å²) in [4.78, 5) is 19.9. The molecule has 0 spiro atoms. The van der Waals surface area contributed by atoms with Gasteiger partial charge in [-0.15, -0.1) is 6.58 Å². The molecule has 140 valence electrons. The van der Waals surface area contributed by atoms with Crippen molar-refractivity contribution in [3.63, 3.8) is 0 Å². The first-order valence-corrected chi connectivity index (χ1v) is 9.56. The van der Waals surface area contributed by atoms with Crippen LogP contribution in [0.3, 0.4) is 0 Å². The molecule has 0 bridgehead atoms. The Morgan fingerprint density at radius 2 is 2.31 bits per heavy atom. The fraction of sp³-hybridized carbons (Fsp3) is 0.450. The number of aromatic amines is 1. The average Bonchev–Trinajstić information content (AvgIpc) is 3.27. The van der Waals surface area contributed by atoms with E-state index in [-0.39, 0.29) is 11.6 Å². The lowest BCUT2D eigenvalue weighted by Gasteiger charge is -2.16. The van der Waals surface area contributed by atoms with Gasteiger partial charge in [0.15, 0.2) is 5.65 Å². The highest BCUT2D eigenvalue weighted by atomic mass is 35.5. The van der Waals surface area contributed by atoms with Crippen molar-refractivity contribution in [1.29, 1.82) is 0 Å². The van der Waals surface area contributed by atoms with Gasteiger partial charge in [-0.2, -0.15) is 5.10 Å². The number of fused-ring (bicyclic) bond motifs is 1. The van der Waals surface area contributed by atoms with Gasteiger partial charge in [0.2, 0.25) is 0 Å². The second-order valence-electron chi connectivity index (χ2n) is 6.14. The maximum absolute atomic E-state index is 12.4. The molecule has 0 radical (unpaired) electrons. The molecule has 2 aromatic rings. The molecular formula is C20H27ClN4O. The lowest BCUT2D eigenvalue weighted by molar-refractivity contribution is 0.511. The van der Waals surface area contributed by atoms with E-state index in [1.54, 1.807) is 10.9 Å². The average molecular weight is 375 g/mol. The second kappa shape index (κ2) is 9.53. The predicted molar refractivity (Wildman–Crippen MR) is 109 cm³/mol. The van der Waals surface area contributed by atoms with E-state index in [0.717, 1.165) is 32.1 Å². The Kier molecular flexibility index (Phi) is 7.39. The maximum atomic E-state index is 12.4. The SMILES string of the molecule is C=CCCC(C(=C)Cl)n1ncc2c(=O)[nH]c(CC3C=CCC3)nc21.CC. The summed E-state index contributed by atoms with van der Waals surface area (Å²) in [7, 11) is 0. The summed E-state index contributed by atoms with van der Waals surface area (Å²) >= 11 is 6.18. The lowest BCUT2D eigenvalue weighted by Crippen LogP contribution is -2.17. The number of hydrogen-bond acceptors (Lipinski definition) is 3. The summed E-state index contributed by atoms with van der Waals surface area (Å²) < 4.78 is 1.71. The van der Waals surface area contributed by atoms with Crippen LogP contribution in [-0.4, -0.2) is 19.7 Å². The quantitative estimate of drug-likeness (QED) is 0.700. The first-order valence-electron chi connectivity index (χ1n) is 9.18. The Balaban J connectivity index is 0.00000117. The van der Waals surface area contributed by atoms with Gasteiger partial charge >= 0.3 is 0 Å². The molecule has 0 saturated carbocycles. The minimum Gasteiger partial charge on any atom is -0.310 e. The van der Waals surface area contributed by atoms with Crippen LogP contribution in [0.5, 0.6) is 0 Å². The highest BCUT2D eigenvalue weighted by Gasteiger charge is 2.20. The van der Waals surface area contributed by atoms with Crippen molar-refractivity contribution in [3.8, 4) is 0 Å². The highest BCUT2D eigenvalue weighted by Crippen LogP contribution is 2.27. The zero-order chi connectivity index (χ0) is 19.1. The van der Waals surface area contributed by atoms with Gasteiger partial charge in [-0.3, -0.25) is 4.79 Å². The van der Waals surface area contributed by atoms with E-state index in [9.17, 15) is 4.79 Å². The number of hydrogen-bond donors (Lipinski definition) is 1. The van der Waals surface area contributed by atoms with E-state index in [0.29, 0.717) is 27.8 Å². The van der Waals surface area contributed by atoms with Crippen molar-refractivity contribution >= 4 is 22.6 Å². The third-order valence-corrected chi connectivity index (χ3v) is 4.63. The second-order valence-corrected chi connectivity index (χ2v) is 6.62.